The molecule has 4 nitrogen and oxygen atoms in total. The quantitative estimate of drug-likeness (QED) is 0.759. The van der Waals surface area contributed by atoms with Gasteiger partial charge < -0.3 is 9.15 Å². The lowest BCUT2D eigenvalue weighted by Gasteiger charge is -2.20. The van der Waals surface area contributed by atoms with Gasteiger partial charge in [-0.1, -0.05) is 25.1 Å². The Morgan fingerprint density at radius 1 is 1.20 bits per heavy atom. The minimum absolute atomic E-state index is 0.297. The highest BCUT2D eigenvalue weighted by molar-refractivity contribution is 5.90. The van der Waals surface area contributed by atoms with Crippen LogP contribution in [0.4, 0.5) is 0 Å². The zero-order valence-corrected chi connectivity index (χ0v) is 11.8. The molecule has 20 heavy (non-hydrogen) atoms. The molecule has 0 bridgehead atoms. The molecule has 0 fully saturated rings. The van der Waals surface area contributed by atoms with Crippen molar-refractivity contribution >= 4 is 5.97 Å². The van der Waals surface area contributed by atoms with Crippen molar-refractivity contribution in [2.24, 2.45) is 0 Å². The average Bonchev–Trinajstić information content (AvgIpc) is 2.99. The van der Waals surface area contributed by atoms with E-state index in [0.717, 1.165) is 24.4 Å². The van der Waals surface area contributed by atoms with Gasteiger partial charge in [-0.3, -0.25) is 4.90 Å². The van der Waals surface area contributed by atoms with Crippen molar-refractivity contribution in [2.75, 3.05) is 13.7 Å². The monoisotopic (exact) mass is 273 g/mol. The van der Waals surface area contributed by atoms with E-state index in [9.17, 15) is 4.79 Å². The Bertz CT molecular complexity index is 549. The SMILES string of the molecule is CCN(Cc1ccco1)Cc1ccccc1C(=O)OC. The summed E-state index contributed by atoms with van der Waals surface area (Å²) in [5.74, 6) is 0.622. The zero-order valence-electron chi connectivity index (χ0n) is 11.8. The lowest BCUT2D eigenvalue weighted by molar-refractivity contribution is 0.0598. The summed E-state index contributed by atoms with van der Waals surface area (Å²) in [5.41, 5.74) is 1.58. The minimum Gasteiger partial charge on any atom is -0.468 e. The van der Waals surface area contributed by atoms with Crippen LogP contribution in [0.25, 0.3) is 0 Å². The molecule has 0 atom stereocenters. The topological polar surface area (TPSA) is 42.7 Å². The van der Waals surface area contributed by atoms with Crippen LogP contribution in [-0.2, 0) is 17.8 Å². The highest BCUT2D eigenvalue weighted by Gasteiger charge is 2.14. The van der Waals surface area contributed by atoms with Gasteiger partial charge in [-0.25, -0.2) is 4.79 Å². The Morgan fingerprint density at radius 3 is 2.65 bits per heavy atom. The van der Waals surface area contributed by atoms with Gasteiger partial charge in [0.15, 0.2) is 0 Å². The van der Waals surface area contributed by atoms with Gasteiger partial charge >= 0.3 is 5.97 Å². The fraction of sp³-hybridized carbons (Fsp3) is 0.312. The summed E-state index contributed by atoms with van der Waals surface area (Å²) in [6.45, 7) is 4.36. The Morgan fingerprint density at radius 2 is 2.00 bits per heavy atom. The number of hydrogen-bond acceptors (Lipinski definition) is 4. The van der Waals surface area contributed by atoms with Crippen molar-refractivity contribution in [1.82, 2.24) is 4.90 Å². The van der Waals surface area contributed by atoms with Gasteiger partial charge in [0.05, 0.1) is 25.5 Å². The Hall–Kier alpha value is -2.07. The maximum atomic E-state index is 11.8. The summed E-state index contributed by atoms with van der Waals surface area (Å²) >= 11 is 0. The number of rotatable bonds is 6. The van der Waals surface area contributed by atoms with E-state index in [0.29, 0.717) is 12.1 Å². The van der Waals surface area contributed by atoms with E-state index in [1.807, 2.05) is 30.3 Å². The van der Waals surface area contributed by atoms with Crippen LogP contribution in [0.1, 0.15) is 28.6 Å². The van der Waals surface area contributed by atoms with Crippen molar-refractivity contribution in [3.8, 4) is 0 Å². The molecular formula is C16H19NO3. The van der Waals surface area contributed by atoms with Gasteiger partial charge in [0.25, 0.3) is 0 Å². The molecule has 1 aromatic carbocycles. The molecule has 0 saturated carbocycles. The summed E-state index contributed by atoms with van der Waals surface area (Å²) in [6, 6.07) is 11.4. The Labute approximate surface area is 119 Å². The van der Waals surface area contributed by atoms with Crippen LogP contribution >= 0.6 is 0 Å². The van der Waals surface area contributed by atoms with Gasteiger partial charge in [-0.15, -0.1) is 0 Å². The number of nitrogens with zero attached hydrogens (tertiary/aromatic N) is 1. The first-order valence-electron chi connectivity index (χ1n) is 6.65. The molecule has 0 N–H and O–H groups in total. The molecule has 0 spiro atoms. The maximum absolute atomic E-state index is 11.8. The molecule has 0 aliphatic heterocycles. The number of benzene rings is 1. The van der Waals surface area contributed by atoms with Crippen LogP contribution in [0, 0.1) is 0 Å². The van der Waals surface area contributed by atoms with E-state index >= 15 is 0 Å². The molecular weight excluding hydrogens is 254 g/mol. The van der Waals surface area contributed by atoms with Crippen LogP contribution in [-0.4, -0.2) is 24.5 Å². The number of carbonyl (C=O) groups excluding carboxylic acids is 1. The normalized spacial score (nSPS) is 10.8. The predicted molar refractivity (Wildman–Crippen MR) is 76.3 cm³/mol. The largest absolute Gasteiger partial charge is 0.468 e. The van der Waals surface area contributed by atoms with Gasteiger partial charge in [-0.05, 0) is 30.3 Å². The van der Waals surface area contributed by atoms with E-state index in [4.69, 9.17) is 9.15 Å². The molecule has 0 aliphatic rings. The number of esters is 1. The Balaban J connectivity index is 2.13. The standard InChI is InChI=1S/C16H19NO3/c1-3-17(12-14-8-6-10-20-14)11-13-7-4-5-9-15(13)16(18)19-2/h4-10H,3,11-12H2,1-2H3. The first-order chi connectivity index (χ1) is 9.74. The zero-order chi connectivity index (χ0) is 14.4. The first-order valence-corrected chi connectivity index (χ1v) is 6.65. The second-order valence-corrected chi connectivity index (χ2v) is 4.53. The van der Waals surface area contributed by atoms with Gasteiger partial charge in [0.1, 0.15) is 5.76 Å². The lowest BCUT2D eigenvalue weighted by atomic mass is 10.1. The lowest BCUT2D eigenvalue weighted by Crippen LogP contribution is -2.23. The number of furan rings is 1. The van der Waals surface area contributed by atoms with Crippen molar-refractivity contribution in [3.05, 3.63) is 59.5 Å². The van der Waals surface area contributed by atoms with Crippen molar-refractivity contribution in [3.63, 3.8) is 0 Å². The van der Waals surface area contributed by atoms with Crippen molar-refractivity contribution < 1.29 is 13.9 Å². The third-order valence-corrected chi connectivity index (χ3v) is 3.22. The van der Waals surface area contributed by atoms with Crippen LogP contribution in [0.2, 0.25) is 0 Å². The van der Waals surface area contributed by atoms with Crippen LogP contribution in [0.5, 0.6) is 0 Å². The molecule has 1 aromatic heterocycles. The number of methoxy groups -OCH3 is 1. The Kier molecular flexibility index (Phi) is 4.96. The van der Waals surface area contributed by atoms with Gasteiger partial charge in [0.2, 0.25) is 0 Å². The van der Waals surface area contributed by atoms with Gasteiger partial charge in [-0.2, -0.15) is 0 Å². The molecule has 0 amide bonds. The van der Waals surface area contributed by atoms with E-state index in [1.165, 1.54) is 7.11 Å². The third-order valence-electron chi connectivity index (χ3n) is 3.22. The highest BCUT2D eigenvalue weighted by atomic mass is 16.5. The van der Waals surface area contributed by atoms with Gasteiger partial charge in [0, 0.05) is 6.54 Å². The molecule has 106 valence electrons. The minimum atomic E-state index is -0.297. The van der Waals surface area contributed by atoms with E-state index in [-0.39, 0.29) is 5.97 Å². The van der Waals surface area contributed by atoms with Crippen LogP contribution in [0.3, 0.4) is 0 Å². The number of ether oxygens (including phenoxy) is 1. The summed E-state index contributed by atoms with van der Waals surface area (Å²) in [4.78, 5) is 14.0. The maximum Gasteiger partial charge on any atom is 0.338 e. The molecule has 0 unspecified atom stereocenters. The van der Waals surface area contributed by atoms with Crippen molar-refractivity contribution in [1.29, 1.82) is 0 Å². The smallest absolute Gasteiger partial charge is 0.338 e. The number of carbonyl (C=O) groups is 1. The molecule has 1 heterocycles. The van der Waals surface area contributed by atoms with Crippen LogP contribution < -0.4 is 0 Å². The summed E-state index contributed by atoms with van der Waals surface area (Å²) in [7, 11) is 1.40. The van der Waals surface area contributed by atoms with E-state index in [1.54, 1.807) is 12.3 Å². The van der Waals surface area contributed by atoms with E-state index in [2.05, 4.69) is 11.8 Å². The first kappa shape index (κ1) is 14.3. The fourth-order valence-corrected chi connectivity index (χ4v) is 2.11. The third kappa shape index (κ3) is 3.48. The summed E-state index contributed by atoms with van der Waals surface area (Å²) in [5, 5.41) is 0. The summed E-state index contributed by atoms with van der Waals surface area (Å²) < 4.78 is 10.2. The second kappa shape index (κ2) is 6.91. The molecule has 4 heteroatoms. The summed E-state index contributed by atoms with van der Waals surface area (Å²) in [6.07, 6.45) is 1.67. The average molecular weight is 273 g/mol. The second-order valence-electron chi connectivity index (χ2n) is 4.53. The highest BCUT2D eigenvalue weighted by Crippen LogP contribution is 2.15. The molecule has 2 aromatic rings. The molecule has 0 radical (unpaired) electrons. The molecule has 2 rings (SSSR count). The fourth-order valence-electron chi connectivity index (χ4n) is 2.11. The van der Waals surface area contributed by atoms with E-state index < -0.39 is 0 Å². The molecule has 0 saturated heterocycles. The predicted octanol–water partition coefficient (Wildman–Crippen LogP) is 3.09. The molecule has 0 aliphatic carbocycles. The number of hydrogen-bond donors (Lipinski definition) is 0. The van der Waals surface area contributed by atoms with Crippen molar-refractivity contribution in [2.45, 2.75) is 20.0 Å². The van der Waals surface area contributed by atoms with Crippen LogP contribution in [0.15, 0.2) is 47.1 Å².